The molecule has 0 saturated carbocycles. The molecule has 0 fully saturated rings. The first-order valence-electron chi connectivity index (χ1n) is 5.10. The minimum absolute atomic E-state index is 0.940. The van der Waals surface area contributed by atoms with E-state index in [1.165, 1.54) is 14.2 Å². The minimum atomic E-state index is -1.28. The topological polar surface area (TPSA) is 0 Å². The van der Waals surface area contributed by atoms with E-state index >= 15 is 0 Å². The van der Waals surface area contributed by atoms with Gasteiger partial charge in [-0.05, 0) is 0 Å². The van der Waals surface area contributed by atoms with Crippen LogP contribution in [0.4, 0.5) is 0 Å². The van der Waals surface area contributed by atoms with E-state index in [-0.39, 0.29) is 0 Å². The van der Waals surface area contributed by atoms with Crippen LogP contribution >= 0.6 is 0 Å². The first-order chi connectivity index (χ1) is 5.10. The van der Waals surface area contributed by atoms with Crippen LogP contribution in [0.1, 0.15) is 34.6 Å². The van der Waals surface area contributed by atoms with Crippen LogP contribution in [0.3, 0.4) is 0 Å². The quantitative estimate of drug-likeness (QED) is 0.561. The molecule has 0 bridgehead atoms. The van der Waals surface area contributed by atoms with Gasteiger partial charge in [0.15, 0.2) is 0 Å². The Bertz CT molecular complexity index is 84.8. The molecule has 0 heterocycles. The van der Waals surface area contributed by atoms with Gasteiger partial charge < -0.3 is 0 Å². The summed E-state index contributed by atoms with van der Waals surface area (Å²) in [5.41, 5.74) is 0. The Kier molecular flexibility index (Phi) is 5.72. The first kappa shape index (κ1) is 11.7. The van der Waals surface area contributed by atoms with E-state index in [4.69, 9.17) is 0 Å². The van der Waals surface area contributed by atoms with Gasteiger partial charge in [-0.15, -0.1) is 0 Å². The van der Waals surface area contributed by atoms with E-state index in [0.717, 1.165) is 5.92 Å². The van der Waals surface area contributed by atoms with E-state index in [1.807, 2.05) is 0 Å². The van der Waals surface area contributed by atoms with Crippen LogP contribution in [0, 0.1) is 5.92 Å². The fourth-order valence-corrected chi connectivity index (χ4v) is 8.45. The molecule has 0 nitrogen and oxygen atoms in total. The Balaban J connectivity index is 4.05. The van der Waals surface area contributed by atoms with E-state index in [0.29, 0.717) is 0 Å². The summed E-state index contributed by atoms with van der Waals surface area (Å²) in [6.45, 7) is 12.0. The Labute approximate surface area is 76.1 Å². The normalized spacial score (nSPS) is 12.5. The number of hydrogen-bond acceptors (Lipinski definition) is 0. The van der Waals surface area contributed by atoms with Gasteiger partial charge in [0, 0.05) is 0 Å². The average molecular weight is 192 g/mol. The summed E-state index contributed by atoms with van der Waals surface area (Å²) in [4.78, 5) is 0. The molecule has 0 aromatic heterocycles. The SMILES string of the molecule is C[CH2][Ti]([CH2]C)([CH2]C)[CH2]C(C)C. The van der Waals surface area contributed by atoms with Crippen LogP contribution in [-0.4, -0.2) is 0 Å². The zero-order valence-corrected chi connectivity index (χ0v) is 10.5. The molecule has 1 heteroatoms. The third-order valence-corrected chi connectivity index (χ3v) is 12.7. The molecule has 0 atom stereocenters. The van der Waals surface area contributed by atoms with Gasteiger partial charge in [0.05, 0.1) is 0 Å². The van der Waals surface area contributed by atoms with Crippen molar-refractivity contribution in [1.82, 2.24) is 0 Å². The first-order valence-corrected chi connectivity index (χ1v) is 9.52. The van der Waals surface area contributed by atoms with Crippen LogP contribution < -0.4 is 0 Å². The summed E-state index contributed by atoms with van der Waals surface area (Å²) >= 11 is -1.28. The van der Waals surface area contributed by atoms with Gasteiger partial charge in [0.25, 0.3) is 0 Å². The van der Waals surface area contributed by atoms with Crippen molar-refractivity contribution in [3.63, 3.8) is 0 Å². The molecular formula is C10H24Ti. The van der Waals surface area contributed by atoms with Crippen molar-refractivity contribution in [2.45, 2.75) is 53.5 Å². The van der Waals surface area contributed by atoms with Crippen LogP contribution in [0.2, 0.25) is 18.9 Å². The molecule has 0 aromatic carbocycles. The standard InChI is InChI=1S/C4H9.3C2H5.Ti/c1-4(2)3;3*1-2;/h4H,1H2,2-3H3;3*1H2,2H3;. The van der Waals surface area contributed by atoms with Crippen molar-refractivity contribution in [1.29, 1.82) is 0 Å². The van der Waals surface area contributed by atoms with Crippen LogP contribution in [-0.2, 0) is 16.6 Å². The van der Waals surface area contributed by atoms with Crippen LogP contribution in [0.25, 0.3) is 0 Å². The molecule has 0 spiro atoms. The van der Waals surface area contributed by atoms with E-state index in [2.05, 4.69) is 34.6 Å². The Morgan fingerprint density at radius 3 is 1.36 bits per heavy atom. The van der Waals surface area contributed by atoms with E-state index in [9.17, 15) is 0 Å². The summed E-state index contributed by atoms with van der Waals surface area (Å²) in [6.07, 6.45) is 0. The van der Waals surface area contributed by atoms with Crippen molar-refractivity contribution in [2.24, 2.45) is 5.92 Å². The molecule has 0 aliphatic rings. The molecule has 0 radical (unpaired) electrons. The molecule has 0 rings (SSSR count). The van der Waals surface area contributed by atoms with Gasteiger partial charge >= 0.3 is 76.0 Å². The van der Waals surface area contributed by atoms with Crippen molar-refractivity contribution in [3.8, 4) is 0 Å². The Morgan fingerprint density at radius 2 is 1.27 bits per heavy atom. The summed E-state index contributed by atoms with van der Waals surface area (Å²) in [7, 11) is 0. The fourth-order valence-electron chi connectivity index (χ4n) is 2.05. The number of hydrogen-bond donors (Lipinski definition) is 0. The molecule has 0 aliphatic carbocycles. The van der Waals surface area contributed by atoms with Gasteiger partial charge in [-0.1, -0.05) is 0 Å². The maximum absolute atomic E-state index is 2.41. The molecule has 0 N–H and O–H groups in total. The van der Waals surface area contributed by atoms with E-state index < -0.39 is 16.6 Å². The summed E-state index contributed by atoms with van der Waals surface area (Å²) in [6, 6.07) is 0. The van der Waals surface area contributed by atoms with E-state index in [1.54, 1.807) is 4.73 Å². The summed E-state index contributed by atoms with van der Waals surface area (Å²) < 4.78 is 6.19. The predicted molar refractivity (Wildman–Crippen MR) is 51.1 cm³/mol. The molecule has 0 amide bonds. The molecule has 0 unspecified atom stereocenters. The molecular weight excluding hydrogens is 168 g/mol. The van der Waals surface area contributed by atoms with Gasteiger partial charge in [0.1, 0.15) is 0 Å². The molecule has 0 saturated heterocycles. The van der Waals surface area contributed by atoms with Gasteiger partial charge in [-0.2, -0.15) is 0 Å². The summed E-state index contributed by atoms with van der Waals surface area (Å²) in [5.74, 6) is 0.940. The Morgan fingerprint density at radius 1 is 0.909 bits per heavy atom. The fraction of sp³-hybridized carbons (Fsp3) is 1.00. The summed E-state index contributed by atoms with van der Waals surface area (Å²) in [5, 5.41) is 0. The zero-order valence-electron chi connectivity index (χ0n) is 8.91. The molecule has 68 valence electrons. The van der Waals surface area contributed by atoms with Gasteiger partial charge in [-0.3, -0.25) is 0 Å². The predicted octanol–water partition coefficient (Wildman–Crippen LogP) is 4.53. The van der Waals surface area contributed by atoms with Crippen LogP contribution in [0.5, 0.6) is 0 Å². The van der Waals surface area contributed by atoms with Crippen LogP contribution in [0.15, 0.2) is 0 Å². The van der Waals surface area contributed by atoms with Crippen molar-refractivity contribution in [2.75, 3.05) is 0 Å². The van der Waals surface area contributed by atoms with Gasteiger partial charge in [0.2, 0.25) is 0 Å². The number of rotatable bonds is 5. The molecule has 0 aliphatic heterocycles. The zero-order chi connectivity index (χ0) is 8.91. The second-order valence-electron chi connectivity index (χ2n) is 4.16. The van der Waals surface area contributed by atoms with Gasteiger partial charge in [-0.25, -0.2) is 0 Å². The second kappa shape index (κ2) is 5.38. The Hall–Kier alpha value is 0.714. The third-order valence-electron chi connectivity index (χ3n) is 3.09. The van der Waals surface area contributed by atoms with Crippen molar-refractivity contribution < 1.29 is 16.6 Å². The van der Waals surface area contributed by atoms with Crippen molar-refractivity contribution >= 4 is 0 Å². The molecule has 11 heavy (non-hydrogen) atoms. The maximum atomic E-state index is 2.41. The van der Waals surface area contributed by atoms with Crippen molar-refractivity contribution in [3.05, 3.63) is 0 Å². The monoisotopic (exact) mass is 192 g/mol. The molecule has 0 aromatic rings. The second-order valence-corrected chi connectivity index (χ2v) is 12.8. The third kappa shape index (κ3) is 3.76. The average Bonchev–Trinajstić information content (AvgIpc) is 2.00.